The second-order valence-corrected chi connectivity index (χ2v) is 6.74. The molecule has 3 heterocycles. The fraction of sp³-hybridized carbons (Fsp3) is 0.300. The summed E-state index contributed by atoms with van der Waals surface area (Å²) in [5, 5.41) is 2.54. The van der Waals surface area contributed by atoms with Crippen molar-refractivity contribution in [3.8, 4) is 11.6 Å². The third-order valence-corrected chi connectivity index (χ3v) is 4.94. The molecule has 0 saturated carbocycles. The standard InChI is InChI=1S/C20H20N4O4/c25-18-13-22-20(27)24(18)15-7-10-23(11-8-15)19(26)14-4-3-5-16(12-14)28-17-6-1-2-9-21-17/h1-6,9,12,15H,7-8,10-11,13H2,(H,22,27). The van der Waals surface area contributed by atoms with Crippen LogP contribution >= 0.6 is 0 Å². The minimum absolute atomic E-state index is 0.0566. The van der Waals surface area contributed by atoms with E-state index in [0.717, 1.165) is 0 Å². The normalized spacial score (nSPS) is 17.6. The van der Waals surface area contributed by atoms with E-state index in [4.69, 9.17) is 4.74 Å². The Labute approximate surface area is 162 Å². The number of amides is 4. The van der Waals surface area contributed by atoms with Crippen LogP contribution in [0.5, 0.6) is 11.6 Å². The van der Waals surface area contributed by atoms with Gasteiger partial charge >= 0.3 is 6.03 Å². The molecule has 0 unspecified atom stereocenters. The Morgan fingerprint density at radius 3 is 2.61 bits per heavy atom. The van der Waals surface area contributed by atoms with E-state index in [1.54, 1.807) is 47.5 Å². The SMILES string of the molecule is O=C(c1cccc(Oc2ccccn2)c1)N1CCC(N2C(=O)CNC2=O)CC1. The summed E-state index contributed by atoms with van der Waals surface area (Å²) in [4.78, 5) is 43.7. The van der Waals surface area contributed by atoms with Crippen molar-refractivity contribution in [2.45, 2.75) is 18.9 Å². The number of carbonyl (C=O) groups is 3. The van der Waals surface area contributed by atoms with Crippen LogP contribution in [0.2, 0.25) is 0 Å². The summed E-state index contributed by atoms with van der Waals surface area (Å²) >= 11 is 0. The van der Waals surface area contributed by atoms with E-state index in [0.29, 0.717) is 43.1 Å². The van der Waals surface area contributed by atoms with Gasteiger partial charge in [0.05, 0.1) is 6.54 Å². The number of likely N-dealkylation sites (tertiary alicyclic amines) is 1. The summed E-state index contributed by atoms with van der Waals surface area (Å²) in [5.41, 5.74) is 0.530. The number of hydrogen-bond acceptors (Lipinski definition) is 5. The van der Waals surface area contributed by atoms with Gasteiger partial charge in [-0.15, -0.1) is 0 Å². The average molecular weight is 380 g/mol. The molecule has 0 radical (unpaired) electrons. The molecule has 4 rings (SSSR count). The van der Waals surface area contributed by atoms with Crippen LogP contribution in [-0.4, -0.2) is 58.3 Å². The van der Waals surface area contributed by atoms with Crippen LogP contribution in [0.3, 0.4) is 0 Å². The first kappa shape index (κ1) is 18.0. The lowest BCUT2D eigenvalue weighted by atomic mass is 10.0. The number of carbonyl (C=O) groups excluding carboxylic acids is 3. The smallest absolute Gasteiger partial charge is 0.324 e. The Morgan fingerprint density at radius 1 is 1.11 bits per heavy atom. The molecule has 2 fully saturated rings. The first-order chi connectivity index (χ1) is 13.6. The van der Waals surface area contributed by atoms with Gasteiger partial charge in [-0.1, -0.05) is 12.1 Å². The van der Waals surface area contributed by atoms with Gasteiger partial charge < -0.3 is 15.0 Å². The molecule has 2 saturated heterocycles. The number of nitrogens with one attached hydrogen (secondary N) is 1. The maximum atomic E-state index is 12.9. The molecule has 4 amide bonds. The Hall–Kier alpha value is -3.42. The van der Waals surface area contributed by atoms with Crippen molar-refractivity contribution in [2.24, 2.45) is 0 Å². The van der Waals surface area contributed by atoms with Crippen LogP contribution in [0.1, 0.15) is 23.2 Å². The predicted molar refractivity (Wildman–Crippen MR) is 99.9 cm³/mol. The summed E-state index contributed by atoms with van der Waals surface area (Å²) in [6.07, 6.45) is 2.80. The van der Waals surface area contributed by atoms with Crippen LogP contribution in [0.4, 0.5) is 4.79 Å². The highest BCUT2D eigenvalue weighted by atomic mass is 16.5. The molecule has 0 atom stereocenters. The van der Waals surface area contributed by atoms with E-state index in [1.165, 1.54) is 4.90 Å². The van der Waals surface area contributed by atoms with Crippen LogP contribution in [0.15, 0.2) is 48.7 Å². The lowest BCUT2D eigenvalue weighted by molar-refractivity contribution is -0.127. The average Bonchev–Trinajstić information content (AvgIpc) is 3.07. The van der Waals surface area contributed by atoms with E-state index in [9.17, 15) is 14.4 Å². The Balaban J connectivity index is 1.39. The zero-order valence-corrected chi connectivity index (χ0v) is 15.2. The largest absolute Gasteiger partial charge is 0.439 e. The highest BCUT2D eigenvalue weighted by molar-refractivity contribution is 6.02. The zero-order chi connectivity index (χ0) is 19.5. The number of urea groups is 1. The molecule has 2 aliphatic rings. The number of pyridine rings is 1. The summed E-state index contributed by atoms with van der Waals surface area (Å²) in [5.74, 6) is 0.705. The van der Waals surface area contributed by atoms with E-state index in [2.05, 4.69) is 10.3 Å². The fourth-order valence-electron chi connectivity index (χ4n) is 3.53. The molecule has 28 heavy (non-hydrogen) atoms. The maximum absolute atomic E-state index is 12.9. The highest BCUT2D eigenvalue weighted by Gasteiger charge is 2.37. The van der Waals surface area contributed by atoms with Gasteiger partial charge in [-0.3, -0.25) is 14.5 Å². The third kappa shape index (κ3) is 3.66. The highest BCUT2D eigenvalue weighted by Crippen LogP contribution is 2.23. The molecule has 0 bridgehead atoms. The minimum Gasteiger partial charge on any atom is -0.439 e. The van der Waals surface area contributed by atoms with Gasteiger partial charge in [0.2, 0.25) is 11.8 Å². The molecule has 1 aromatic carbocycles. The molecular weight excluding hydrogens is 360 g/mol. The summed E-state index contributed by atoms with van der Waals surface area (Å²) in [6.45, 7) is 1.04. The van der Waals surface area contributed by atoms with Gasteiger partial charge in [0.1, 0.15) is 5.75 Å². The van der Waals surface area contributed by atoms with Crippen LogP contribution in [0.25, 0.3) is 0 Å². The fourth-order valence-corrected chi connectivity index (χ4v) is 3.53. The summed E-state index contributed by atoms with van der Waals surface area (Å²) in [6, 6.07) is 11.9. The molecule has 144 valence electrons. The monoisotopic (exact) mass is 380 g/mol. The summed E-state index contributed by atoms with van der Waals surface area (Å²) in [7, 11) is 0. The van der Waals surface area contributed by atoms with Crippen molar-refractivity contribution in [3.05, 3.63) is 54.2 Å². The first-order valence-corrected chi connectivity index (χ1v) is 9.20. The van der Waals surface area contributed by atoms with Crippen LogP contribution in [-0.2, 0) is 4.79 Å². The van der Waals surface area contributed by atoms with E-state index < -0.39 is 0 Å². The topological polar surface area (TPSA) is 91.8 Å². The first-order valence-electron chi connectivity index (χ1n) is 9.20. The zero-order valence-electron chi connectivity index (χ0n) is 15.2. The van der Waals surface area contributed by atoms with Gasteiger partial charge in [0.15, 0.2) is 0 Å². The van der Waals surface area contributed by atoms with Crippen molar-refractivity contribution >= 4 is 17.8 Å². The van der Waals surface area contributed by atoms with Gasteiger partial charge in [0, 0.05) is 37.0 Å². The second kappa shape index (κ2) is 7.67. The number of hydrogen-bond donors (Lipinski definition) is 1. The van der Waals surface area contributed by atoms with Crippen LogP contribution in [0, 0.1) is 0 Å². The molecule has 1 aromatic heterocycles. The van der Waals surface area contributed by atoms with Crippen molar-refractivity contribution in [3.63, 3.8) is 0 Å². The van der Waals surface area contributed by atoms with E-state index in [1.807, 2.05) is 6.07 Å². The number of piperidine rings is 1. The van der Waals surface area contributed by atoms with Gasteiger partial charge in [-0.2, -0.15) is 0 Å². The van der Waals surface area contributed by atoms with Crippen molar-refractivity contribution in [2.75, 3.05) is 19.6 Å². The van der Waals surface area contributed by atoms with Crippen molar-refractivity contribution in [1.29, 1.82) is 0 Å². The Kier molecular flexibility index (Phi) is 4.92. The maximum Gasteiger partial charge on any atom is 0.324 e. The van der Waals surface area contributed by atoms with Crippen molar-refractivity contribution < 1.29 is 19.1 Å². The number of rotatable bonds is 4. The molecule has 0 aliphatic carbocycles. The van der Waals surface area contributed by atoms with Gasteiger partial charge in [-0.25, -0.2) is 9.78 Å². The molecule has 8 nitrogen and oxygen atoms in total. The lowest BCUT2D eigenvalue weighted by Crippen LogP contribution is -2.49. The molecule has 0 spiro atoms. The minimum atomic E-state index is -0.339. The van der Waals surface area contributed by atoms with Gasteiger partial charge in [0.25, 0.3) is 5.91 Å². The molecular formula is C20H20N4O4. The Bertz CT molecular complexity index is 878. The molecule has 2 aliphatic heterocycles. The molecule has 2 aromatic rings. The number of ether oxygens (including phenoxy) is 1. The second-order valence-electron chi connectivity index (χ2n) is 6.74. The number of aromatic nitrogens is 1. The van der Waals surface area contributed by atoms with E-state index >= 15 is 0 Å². The third-order valence-electron chi connectivity index (χ3n) is 4.94. The lowest BCUT2D eigenvalue weighted by Gasteiger charge is -2.35. The molecule has 8 heteroatoms. The van der Waals surface area contributed by atoms with Crippen molar-refractivity contribution in [1.82, 2.24) is 20.1 Å². The quantitative estimate of drug-likeness (QED) is 0.820. The Morgan fingerprint density at radius 2 is 1.93 bits per heavy atom. The van der Waals surface area contributed by atoms with E-state index in [-0.39, 0.29) is 30.4 Å². The van der Waals surface area contributed by atoms with Crippen LogP contribution < -0.4 is 10.1 Å². The number of nitrogens with zero attached hydrogens (tertiary/aromatic N) is 3. The molecule has 1 N–H and O–H groups in total. The number of imide groups is 1. The summed E-state index contributed by atoms with van der Waals surface area (Å²) < 4.78 is 5.69. The van der Waals surface area contributed by atoms with Gasteiger partial charge in [-0.05, 0) is 37.1 Å². The predicted octanol–water partition coefficient (Wildman–Crippen LogP) is 2.03. The number of benzene rings is 1.